The number of nitrogens with one attached hydrogen (secondary N) is 2. The third kappa shape index (κ3) is 3.13. The zero-order valence-electron chi connectivity index (χ0n) is 14.6. The van der Waals surface area contributed by atoms with Crippen LogP contribution >= 0.6 is 12.2 Å². The van der Waals surface area contributed by atoms with E-state index in [1.807, 2.05) is 19.9 Å². The average Bonchev–Trinajstić information content (AvgIpc) is 2.80. The van der Waals surface area contributed by atoms with Crippen LogP contribution in [0, 0.1) is 27.7 Å². The normalized spacial score (nSPS) is 14.4. The fourth-order valence-electron chi connectivity index (χ4n) is 2.96. The van der Waals surface area contributed by atoms with Crippen molar-refractivity contribution >= 4 is 35.2 Å². The van der Waals surface area contributed by atoms with Gasteiger partial charge in [-0.05, 0) is 80.9 Å². The van der Waals surface area contributed by atoms with Gasteiger partial charge in [-0.2, -0.15) is 0 Å². The summed E-state index contributed by atoms with van der Waals surface area (Å²) in [6.45, 7) is 8.13. The van der Waals surface area contributed by atoms with Crippen LogP contribution in [0.1, 0.15) is 28.1 Å². The summed E-state index contributed by atoms with van der Waals surface area (Å²) in [4.78, 5) is 24.1. The van der Waals surface area contributed by atoms with Crippen molar-refractivity contribution in [1.82, 2.24) is 15.2 Å². The van der Waals surface area contributed by atoms with Crippen LogP contribution < -0.4 is 10.6 Å². The van der Waals surface area contributed by atoms with E-state index < -0.39 is 11.8 Å². The van der Waals surface area contributed by atoms with Gasteiger partial charge >= 0.3 is 0 Å². The van der Waals surface area contributed by atoms with E-state index in [0.717, 1.165) is 22.6 Å². The lowest BCUT2D eigenvalue weighted by molar-refractivity contribution is -0.123. The van der Waals surface area contributed by atoms with E-state index in [4.69, 9.17) is 12.2 Å². The van der Waals surface area contributed by atoms with Gasteiger partial charge in [0.05, 0.1) is 0 Å². The Morgan fingerprint density at radius 1 is 0.960 bits per heavy atom. The number of aromatic nitrogens is 1. The molecule has 5 nitrogen and oxygen atoms in total. The number of rotatable bonds is 2. The van der Waals surface area contributed by atoms with Gasteiger partial charge in [0.25, 0.3) is 11.8 Å². The van der Waals surface area contributed by atoms with E-state index in [-0.39, 0.29) is 10.7 Å². The van der Waals surface area contributed by atoms with E-state index in [2.05, 4.69) is 47.2 Å². The van der Waals surface area contributed by atoms with Gasteiger partial charge in [0.15, 0.2) is 5.11 Å². The summed E-state index contributed by atoms with van der Waals surface area (Å²) in [6.07, 6.45) is 1.60. The van der Waals surface area contributed by atoms with Crippen LogP contribution in [0.15, 0.2) is 29.8 Å². The Morgan fingerprint density at radius 2 is 1.60 bits per heavy atom. The van der Waals surface area contributed by atoms with Crippen LogP contribution in [0.3, 0.4) is 0 Å². The van der Waals surface area contributed by atoms with Crippen molar-refractivity contribution in [1.29, 1.82) is 0 Å². The smallest absolute Gasteiger partial charge is 0.263 e. The molecular weight excluding hydrogens is 334 g/mol. The summed E-state index contributed by atoms with van der Waals surface area (Å²) >= 11 is 4.82. The van der Waals surface area contributed by atoms with Crippen molar-refractivity contribution in [3.63, 3.8) is 0 Å². The highest BCUT2D eigenvalue weighted by Crippen LogP contribution is 2.24. The van der Waals surface area contributed by atoms with Gasteiger partial charge in [0, 0.05) is 17.1 Å². The van der Waals surface area contributed by atoms with Crippen molar-refractivity contribution < 1.29 is 9.59 Å². The second-order valence-electron chi connectivity index (χ2n) is 6.23. The first-order valence-electron chi connectivity index (χ1n) is 7.93. The SMILES string of the molecule is Cc1ccc(-n2c(C)cc(C=C3C(=O)NC(=S)NC3=O)c2C)cc1C. The Morgan fingerprint density at radius 3 is 2.20 bits per heavy atom. The van der Waals surface area contributed by atoms with Gasteiger partial charge in [-0.25, -0.2) is 0 Å². The predicted octanol–water partition coefficient (Wildman–Crippen LogP) is 2.63. The third-order valence-electron chi connectivity index (χ3n) is 4.46. The summed E-state index contributed by atoms with van der Waals surface area (Å²) < 4.78 is 2.11. The molecule has 0 spiro atoms. The lowest BCUT2D eigenvalue weighted by Gasteiger charge is -2.16. The first-order valence-corrected chi connectivity index (χ1v) is 8.33. The van der Waals surface area contributed by atoms with Gasteiger partial charge in [-0.1, -0.05) is 6.07 Å². The summed E-state index contributed by atoms with van der Waals surface area (Å²) in [5, 5.41) is 4.94. The molecule has 1 fully saturated rings. The van der Waals surface area contributed by atoms with E-state index in [1.54, 1.807) is 6.08 Å². The Hall–Kier alpha value is -2.73. The fraction of sp³-hybridized carbons (Fsp3) is 0.211. The van der Waals surface area contributed by atoms with E-state index in [0.29, 0.717) is 0 Å². The molecule has 1 aliphatic rings. The van der Waals surface area contributed by atoms with Crippen molar-refractivity contribution in [2.24, 2.45) is 0 Å². The second kappa shape index (κ2) is 6.29. The van der Waals surface area contributed by atoms with E-state index in [1.165, 1.54) is 11.1 Å². The fourth-order valence-corrected chi connectivity index (χ4v) is 3.14. The Labute approximate surface area is 151 Å². The molecule has 0 aliphatic carbocycles. The monoisotopic (exact) mass is 353 g/mol. The Balaban J connectivity index is 2.07. The number of nitrogens with zero attached hydrogens (tertiary/aromatic N) is 1. The molecule has 0 saturated carbocycles. The molecule has 6 heteroatoms. The van der Waals surface area contributed by atoms with Gasteiger partial charge in [0.1, 0.15) is 5.57 Å². The zero-order chi connectivity index (χ0) is 18.3. The van der Waals surface area contributed by atoms with Crippen LogP contribution in [0.4, 0.5) is 0 Å². The molecule has 2 heterocycles. The van der Waals surface area contributed by atoms with E-state index in [9.17, 15) is 9.59 Å². The maximum Gasteiger partial charge on any atom is 0.263 e. The first kappa shape index (κ1) is 17.1. The quantitative estimate of drug-likeness (QED) is 0.496. The molecule has 2 amide bonds. The number of hydrogen-bond donors (Lipinski definition) is 2. The molecule has 1 aromatic heterocycles. The van der Waals surface area contributed by atoms with Crippen molar-refractivity contribution in [3.05, 3.63) is 57.9 Å². The molecule has 0 atom stereocenters. The van der Waals surface area contributed by atoms with Gasteiger partial charge < -0.3 is 4.57 Å². The molecule has 2 aromatic rings. The van der Waals surface area contributed by atoms with Crippen LogP contribution in [0.25, 0.3) is 11.8 Å². The molecule has 1 aliphatic heterocycles. The van der Waals surface area contributed by atoms with Crippen LogP contribution in [0.2, 0.25) is 0 Å². The number of amides is 2. The van der Waals surface area contributed by atoms with Crippen LogP contribution in [-0.2, 0) is 9.59 Å². The average molecular weight is 353 g/mol. The topological polar surface area (TPSA) is 63.1 Å². The molecule has 3 rings (SSSR count). The highest BCUT2D eigenvalue weighted by Gasteiger charge is 2.26. The van der Waals surface area contributed by atoms with Crippen molar-refractivity contribution in [2.45, 2.75) is 27.7 Å². The molecule has 0 bridgehead atoms. The van der Waals surface area contributed by atoms with Crippen LogP contribution in [-0.4, -0.2) is 21.5 Å². The number of hydrogen-bond acceptors (Lipinski definition) is 3. The number of aryl methyl sites for hydroxylation is 3. The largest absolute Gasteiger partial charge is 0.318 e. The molecule has 2 N–H and O–H groups in total. The Kier molecular flexibility index (Phi) is 4.30. The van der Waals surface area contributed by atoms with Crippen LogP contribution in [0.5, 0.6) is 0 Å². The summed E-state index contributed by atoms with van der Waals surface area (Å²) in [7, 11) is 0. The second-order valence-corrected chi connectivity index (χ2v) is 6.63. The lowest BCUT2D eigenvalue weighted by Crippen LogP contribution is -2.51. The van der Waals surface area contributed by atoms with Gasteiger partial charge in [-0.3, -0.25) is 20.2 Å². The minimum Gasteiger partial charge on any atom is -0.318 e. The van der Waals surface area contributed by atoms with Gasteiger partial charge in [-0.15, -0.1) is 0 Å². The minimum atomic E-state index is -0.482. The molecule has 128 valence electrons. The molecule has 25 heavy (non-hydrogen) atoms. The third-order valence-corrected chi connectivity index (χ3v) is 4.67. The number of carbonyl (C=O) groups is 2. The van der Waals surface area contributed by atoms with E-state index >= 15 is 0 Å². The number of thiocarbonyl (C=S) groups is 1. The molecule has 1 aromatic carbocycles. The maximum absolute atomic E-state index is 12.0. The zero-order valence-corrected chi connectivity index (χ0v) is 15.4. The number of carbonyl (C=O) groups excluding carboxylic acids is 2. The minimum absolute atomic E-state index is 0.0350. The molecule has 0 radical (unpaired) electrons. The molecular formula is C19H19N3O2S. The van der Waals surface area contributed by atoms with Gasteiger partial charge in [0.2, 0.25) is 0 Å². The lowest BCUT2D eigenvalue weighted by atomic mass is 10.1. The van der Waals surface area contributed by atoms with Crippen molar-refractivity contribution in [2.75, 3.05) is 0 Å². The van der Waals surface area contributed by atoms with Crippen molar-refractivity contribution in [3.8, 4) is 5.69 Å². The highest BCUT2D eigenvalue weighted by atomic mass is 32.1. The number of benzene rings is 1. The first-order chi connectivity index (χ1) is 11.8. The standard InChI is InChI=1S/C19H19N3O2S/c1-10-5-6-15(7-11(10)2)22-12(3)8-14(13(22)4)9-16-17(23)20-19(25)21-18(16)24/h5-9H,1-4H3,(H2,20,21,23,24,25). The summed E-state index contributed by atoms with van der Waals surface area (Å²) in [5.41, 5.74) is 6.37. The highest BCUT2D eigenvalue weighted by molar-refractivity contribution is 7.80. The predicted molar refractivity (Wildman–Crippen MR) is 102 cm³/mol. The maximum atomic E-state index is 12.0. The summed E-state index contributed by atoms with van der Waals surface area (Å²) in [6, 6.07) is 8.25. The molecule has 1 saturated heterocycles. The molecule has 0 unspecified atom stereocenters. The Bertz CT molecular complexity index is 932. The summed E-state index contributed by atoms with van der Waals surface area (Å²) in [5.74, 6) is -0.963.